The number of Topliss-reactive ketones (excluding diaryl/α,β-unsaturated/α-hetero) is 1. The van der Waals surface area contributed by atoms with Gasteiger partial charge in [-0.2, -0.15) is 0 Å². The Labute approximate surface area is 103 Å². The third-order valence-electron chi connectivity index (χ3n) is 2.90. The summed E-state index contributed by atoms with van der Waals surface area (Å²) in [7, 11) is 0. The van der Waals surface area contributed by atoms with Crippen LogP contribution in [0.3, 0.4) is 0 Å². The van der Waals surface area contributed by atoms with E-state index in [1.807, 2.05) is 0 Å². The van der Waals surface area contributed by atoms with Gasteiger partial charge in [-0.1, -0.05) is 12.1 Å². The van der Waals surface area contributed by atoms with E-state index in [9.17, 15) is 19.7 Å². The molecule has 0 aromatic heterocycles. The number of benzene rings is 1. The first-order valence-corrected chi connectivity index (χ1v) is 5.54. The molecule has 0 saturated heterocycles. The van der Waals surface area contributed by atoms with Gasteiger partial charge in [-0.3, -0.25) is 19.7 Å². The predicted molar refractivity (Wildman–Crippen MR) is 64.0 cm³/mol. The normalized spacial score (nSPS) is 21.2. The lowest BCUT2D eigenvalue weighted by atomic mass is 10.1. The van der Waals surface area contributed by atoms with Crippen LogP contribution in [0.5, 0.6) is 0 Å². The molecule has 94 valence electrons. The largest absolute Gasteiger partial charge is 0.326 e. The van der Waals surface area contributed by atoms with E-state index < -0.39 is 16.9 Å². The van der Waals surface area contributed by atoms with Gasteiger partial charge in [0.25, 0.3) is 0 Å². The Bertz CT molecular complexity index is 527. The topological polar surface area (TPSA) is 89.3 Å². The number of hydrogen-bond acceptors (Lipinski definition) is 4. The maximum atomic E-state index is 11.7. The predicted octanol–water partition coefficient (Wildman–Crippen LogP) is 1.49. The van der Waals surface area contributed by atoms with Gasteiger partial charge in [0.05, 0.1) is 0 Å². The molecule has 0 unspecified atom stereocenters. The molecule has 1 aliphatic carbocycles. The van der Waals surface area contributed by atoms with E-state index in [2.05, 4.69) is 5.32 Å². The highest BCUT2D eigenvalue weighted by atomic mass is 16.6. The van der Waals surface area contributed by atoms with Crippen LogP contribution in [0.2, 0.25) is 0 Å². The van der Waals surface area contributed by atoms with Crippen molar-refractivity contribution in [2.24, 2.45) is 5.92 Å². The van der Waals surface area contributed by atoms with Crippen molar-refractivity contribution in [3.8, 4) is 0 Å². The molecule has 1 N–H and O–H groups in total. The van der Waals surface area contributed by atoms with Crippen molar-refractivity contribution >= 4 is 17.4 Å². The Morgan fingerprint density at radius 2 is 2.17 bits per heavy atom. The first kappa shape index (κ1) is 12.2. The average molecular weight is 248 g/mol. The second-order valence-electron chi connectivity index (χ2n) is 4.32. The number of hydrogen-bond donors (Lipinski definition) is 1. The van der Waals surface area contributed by atoms with Crippen molar-refractivity contribution in [2.45, 2.75) is 19.4 Å². The zero-order valence-electron chi connectivity index (χ0n) is 9.75. The molecular weight excluding hydrogens is 236 g/mol. The SMILES string of the molecule is CC(=O)c1cccc(NC(=O)[C@H]2C[C@@H]2[N+](=O)[O-])c1. The Kier molecular flexibility index (Phi) is 3.10. The lowest BCUT2D eigenvalue weighted by Gasteiger charge is -2.04. The van der Waals surface area contributed by atoms with Crippen molar-refractivity contribution in [3.05, 3.63) is 39.9 Å². The number of anilines is 1. The molecule has 0 aliphatic heterocycles. The van der Waals surface area contributed by atoms with E-state index in [0.717, 1.165) is 0 Å². The van der Waals surface area contributed by atoms with Crippen molar-refractivity contribution in [2.75, 3.05) is 5.32 Å². The fourth-order valence-corrected chi connectivity index (χ4v) is 1.75. The number of nitrogens with one attached hydrogen (secondary N) is 1. The molecule has 1 aliphatic rings. The Hall–Kier alpha value is -2.24. The molecule has 2 rings (SSSR count). The zero-order valence-corrected chi connectivity index (χ0v) is 9.75. The molecule has 1 aromatic carbocycles. The molecule has 0 bridgehead atoms. The Morgan fingerprint density at radius 3 is 2.72 bits per heavy atom. The maximum absolute atomic E-state index is 11.7. The maximum Gasteiger partial charge on any atom is 0.234 e. The molecule has 18 heavy (non-hydrogen) atoms. The van der Waals surface area contributed by atoms with E-state index in [-0.39, 0.29) is 18.1 Å². The average Bonchev–Trinajstić information content (AvgIpc) is 3.09. The summed E-state index contributed by atoms with van der Waals surface area (Å²) in [6.07, 6.45) is 0.283. The standard InChI is InChI=1S/C12H12N2O4/c1-7(15)8-3-2-4-9(5-8)13-12(16)10-6-11(10)14(17)18/h2-5,10-11H,6H2,1H3,(H,13,16)/t10-,11-/m0/s1. The summed E-state index contributed by atoms with van der Waals surface area (Å²) in [5.74, 6) is -1.01. The van der Waals surface area contributed by atoms with E-state index in [0.29, 0.717) is 11.3 Å². The Balaban J connectivity index is 2.02. The third-order valence-corrected chi connectivity index (χ3v) is 2.90. The Morgan fingerprint density at radius 1 is 1.44 bits per heavy atom. The molecule has 0 heterocycles. The third kappa shape index (κ3) is 2.53. The molecule has 1 fully saturated rings. The quantitative estimate of drug-likeness (QED) is 0.496. The number of nitro groups is 1. The van der Waals surface area contributed by atoms with Gasteiger partial charge in [0.15, 0.2) is 5.78 Å². The summed E-state index contributed by atoms with van der Waals surface area (Å²) < 4.78 is 0. The van der Waals surface area contributed by atoms with Crippen LogP contribution >= 0.6 is 0 Å². The molecule has 6 heteroatoms. The van der Waals surface area contributed by atoms with Gasteiger partial charge in [-0.25, -0.2) is 0 Å². The number of rotatable bonds is 4. The van der Waals surface area contributed by atoms with E-state index in [1.165, 1.54) is 6.92 Å². The second-order valence-corrected chi connectivity index (χ2v) is 4.32. The number of carbonyl (C=O) groups is 2. The fraction of sp³-hybridized carbons (Fsp3) is 0.333. The summed E-state index contributed by atoms with van der Waals surface area (Å²) >= 11 is 0. The van der Waals surface area contributed by atoms with Crippen LogP contribution in [0.25, 0.3) is 0 Å². The van der Waals surface area contributed by atoms with Crippen molar-refractivity contribution in [1.29, 1.82) is 0 Å². The monoisotopic (exact) mass is 248 g/mol. The van der Waals surface area contributed by atoms with E-state index >= 15 is 0 Å². The van der Waals surface area contributed by atoms with Crippen molar-refractivity contribution < 1.29 is 14.5 Å². The smallest absolute Gasteiger partial charge is 0.234 e. The molecule has 2 atom stereocenters. The van der Waals surface area contributed by atoms with E-state index in [1.54, 1.807) is 24.3 Å². The zero-order chi connectivity index (χ0) is 13.3. The van der Waals surface area contributed by atoms with Crippen LogP contribution in [0.4, 0.5) is 5.69 Å². The number of amides is 1. The van der Waals surface area contributed by atoms with Gasteiger partial charge in [0.1, 0.15) is 5.92 Å². The molecule has 1 saturated carbocycles. The minimum atomic E-state index is -0.763. The summed E-state index contributed by atoms with van der Waals surface area (Å²) in [6, 6.07) is 5.75. The van der Waals surface area contributed by atoms with E-state index in [4.69, 9.17) is 0 Å². The van der Waals surface area contributed by atoms with Gasteiger partial charge in [0.2, 0.25) is 11.9 Å². The van der Waals surface area contributed by atoms with Crippen LogP contribution in [-0.4, -0.2) is 22.7 Å². The van der Waals surface area contributed by atoms with Crippen LogP contribution in [0.15, 0.2) is 24.3 Å². The molecule has 0 spiro atoms. The van der Waals surface area contributed by atoms with Crippen LogP contribution in [0.1, 0.15) is 23.7 Å². The van der Waals surface area contributed by atoms with Gasteiger partial charge < -0.3 is 5.32 Å². The second kappa shape index (κ2) is 4.56. The molecular formula is C12H12N2O4. The summed E-state index contributed by atoms with van der Waals surface area (Å²) in [4.78, 5) is 32.9. The number of carbonyl (C=O) groups excluding carboxylic acids is 2. The van der Waals surface area contributed by atoms with Gasteiger partial charge in [-0.05, 0) is 19.1 Å². The van der Waals surface area contributed by atoms with Crippen LogP contribution in [0, 0.1) is 16.0 Å². The number of ketones is 1. The van der Waals surface area contributed by atoms with Gasteiger partial charge >= 0.3 is 0 Å². The van der Waals surface area contributed by atoms with Crippen molar-refractivity contribution in [3.63, 3.8) is 0 Å². The van der Waals surface area contributed by atoms with Crippen molar-refractivity contribution in [1.82, 2.24) is 0 Å². The van der Waals surface area contributed by atoms with Gasteiger partial charge in [0, 0.05) is 22.6 Å². The molecule has 1 amide bonds. The summed E-state index contributed by atoms with van der Waals surface area (Å²) in [5, 5.41) is 13.0. The lowest BCUT2D eigenvalue weighted by molar-refractivity contribution is -0.497. The lowest BCUT2D eigenvalue weighted by Crippen LogP contribution is -2.18. The minimum Gasteiger partial charge on any atom is -0.326 e. The molecule has 1 aromatic rings. The first-order chi connectivity index (χ1) is 8.49. The van der Waals surface area contributed by atoms with Crippen LogP contribution < -0.4 is 5.32 Å². The fourth-order valence-electron chi connectivity index (χ4n) is 1.75. The first-order valence-electron chi connectivity index (χ1n) is 5.54. The summed E-state index contributed by atoms with van der Waals surface area (Å²) in [6.45, 7) is 1.44. The minimum absolute atomic E-state index is 0.0966. The summed E-state index contributed by atoms with van der Waals surface area (Å²) in [5.41, 5.74) is 0.983. The van der Waals surface area contributed by atoms with Crippen LogP contribution in [-0.2, 0) is 4.79 Å². The molecule has 6 nitrogen and oxygen atoms in total. The van der Waals surface area contributed by atoms with Gasteiger partial charge in [-0.15, -0.1) is 0 Å². The highest BCUT2D eigenvalue weighted by molar-refractivity contribution is 5.98. The molecule has 0 radical (unpaired) electrons. The highest BCUT2D eigenvalue weighted by Crippen LogP contribution is 2.34. The number of nitrogens with zero attached hydrogens (tertiary/aromatic N) is 1. The highest BCUT2D eigenvalue weighted by Gasteiger charge is 2.53.